The van der Waals surface area contributed by atoms with E-state index in [-0.39, 0.29) is 0 Å². The Bertz CT molecular complexity index is 921. The molecule has 0 unspecified atom stereocenters. The molecule has 20 heavy (non-hydrogen) atoms. The maximum absolute atomic E-state index is 5.83. The highest BCUT2D eigenvalue weighted by molar-refractivity contribution is 5.92. The average Bonchev–Trinajstić information content (AvgIpc) is 2.92. The fourth-order valence-corrected chi connectivity index (χ4v) is 2.45. The Kier molecular flexibility index (Phi) is 2.20. The zero-order valence-electron chi connectivity index (χ0n) is 10.6. The first-order valence-electron chi connectivity index (χ1n) is 6.26. The first-order valence-corrected chi connectivity index (χ1v) is 6.26. The lowest BCUT2D eigenvalue weighted by molar-refractivity contribution is 1.07. The molecule has 0 saturated carbocycles. The molecule has 2 heterocycles. The zero-order valence-corrected chi connectivity index (χ0v) is 10.6. The van der Waals surface area contributed by atoms with E-state index in [4.69, 9.17) is 5.73 Å². The first kappa shape index (κ1) is 10.9. The molecule has 0 aliphatic heterocycles. The summed E-state index contributed by atoms with van der Waals surface area (Å²) in [7, 11) is 0. The fraction of sp³-hybridized carbons (Fsp3) is 0. The molecule has 0 atom stereocenters. The third-order valence-corrected chi connectivity index (χ3v) is 3.39. The van der Waals surface area contributed by atoms with Gasteiger partial charge in [0.05, 0.1) is 5.69 Å². The van der Waals surface area contributed by atoms with Gasteiger partial charge in [-0.25, -0.2) is 15.0 Å². The minimum absolute atomic E-state index is 0.397. The van der Waals surface area contributed by atoms with Crippen LogP contribution in [-0.4, -0.2) is 19.5 Å². The smallest absolute Gasteiger partial charge is 0.170 e. The maximum Gasteiger partial charge on any atom is 0.170 e. The topological polar surface area (TPSA) is 69.6 Å². The van der Waals surface area contributed by atoms with Crippen molar-refractivity contribution in [1.82, 2.24) is 19.5 Å². The van der Waals surface area contributed by atoms with Crippen molar-refractivity contribution in [2.45, 2.75) is 0 Å². The van der Waals surface area contributed by atoms with Crippen LogP contribution >= 0.6 is 0 Å². The monoisotopic (exact) mass is 261 g/mol. The summed E-state index contributed by atoms with van der Waals surface area (Å²) in [5, 5.41) is 2.32. The summed E-state index contributed by atoms with van der Waals surface area (Å²) >= 11 is 0. The molecule has 0 fully saturated rings. The van der Waals surface area contributed by atoms with Gasteiger partial charge >= 0.3 is 0 Å². The third kappa shape index (κ3) is 1.46. The van der Waals surface area contributed by atoms with E-state index in [2.05, 4.69) is 33.2 Å². The second kappa shape index (κ2) is 4.03. The maximum atomic E-state index is 5.83. The van der Waals surface area contributed by atoms with Crippen LogP contribution in [0.5, 0.6) is 0 Å². The number of hydrogen-bond acceptors (Lipinski definition) is 4. The summed E-state index contributed by atoms with van der Waals surface area (Å²) in [5.74, 6) is 0.397. The summed E-state index contributed by atoms with van der Waals surface area (Å²) < 4.78 is 1.94. The Morgan fingerprint density at radius 1 is 0.900 bits per heavy atom. The van der Waals surface area contributed by atoms with Gasteiger partial charge in [0.2, 0.25) is 0 Å². The number of nitrogen functional groups attached to an aromatic ring is 1. The van der Waals surface area contributed by atoms with E-state index in [1.165, 1.54) is 11.7 Å². The van der Waals surface area contributed by atoms with Crippen LogP contribution in [-0.2, 0) is 0 Å². The average molecular weight is 261 g/mol. The van der Waals surface area contributed by atoms with E-state index in [0.717, 1.165) is 11.1 Å². The first-order chi connectivity index (χ1) is 9.84. The van der Waals surface area contributed by atoms with Gasteiger partial charge in [-0.1, -0.05) is 36.4 Å². The van der Waals surface area contributed by atoms with E-state index in [0.29, 0.717) is 17.0 Å². The molecule has 2 N–H and O–H groups in total. The van der Waals surface area contributed by atoms with Gasteiger partial charge in [0.25, 0.3) is 0 Å². The summed E-state index contributed by atoms with van der Waals surface area (Å²) in [6.45, 7) is 0. The van der Waals surface area contributed by atoms with Gasteiger partial charge in [-0.05, 0) is 11.5 Å². The summed E-state index contributed by atoms with van der Waals surface area (Å²) in [5.41, 5.74) is 8.21. The number of benzene rings is 2. The molecular formula is C15H11N5. The fourth-order valence-electron chi connectivity index (χ4n) is 2.45. The van der Waals surface area contributed by atoms with Crippen LogP contribution in [0.15, 0.2) is 55.1 Å². The van der Waals surface area contributed by atoms with Gasteiger partial charge in [-0.15, -0.1) is 0 Å². The Morgan fingerprint density at radius 2 is 1.75 bits per heavy atom. The lowest BCUT2D eigenvalue weighted by Gasteiger charge is -2.07. The summed E-state index contributed by atoms with van der Waals surface area (Å²) in [6.07, 6.45) is 3.19. The van der Waals surface area contributed by atoms with Crippen molar-refractivity contribution in [2.75, 3.05) is 5.73 Å². The molecule has 0 radical (unpaired) electrons. The van der Waals surface area contributed by atoms with E-state index in [9.17, 15) is 0 Å². The zero-order chi connectivity index (χ0) is 13.5. The van der Waals surface area contributed by atoms with Crippen LogP contribution in [0.25, 0.3) is 27.6 Å². The molecule has 0 spiro atoms. The molecular weight excluding hydrogens is 250 g/mol. The summed E-state index contributed by atoms with van der Waals surface area (Å²) in [4.78, 5) is 12.6. The Morgan fingerprint density at radius 3 is 2.70 bits per heavy atom. The highest BCUT2D eigenvalue weighted by atomic mass is 15.1. The Labute approximate surface area is 114 Å². The van der Waals surface area contributed by atoms with Gasteiger partial charge in [0.15, 0.2) is 17.0 Å². The number of imidazole rings is 1. The molecule has 4 rings (SSSR count). The molecule has 0 aliphatic rings. The van der Waals surface area contributed by atoms with Crippen molar-refractivity contribution in [3.8, 4) is 5.69 Å². The lowest BCUT2D eigenvalue weighted by Crippen LogP contribution is -1.97. The number of nitrogens with two attached hydrogens (primary N) is 1. The molecule has 2 aromatic heterocycles. The highest BCUT2D eigenvalue weighted by Crippen LogP contribution is 2.25. The van der Waals surface area contributed by atoms with Gasteiger partial charge in [-0.2, -0.15) is 0 Å². The number of hydrogen-bond donors (Lipinski definition) is 1. The SMILES string of the molecule is Nc1ncnc2c1ncn2-c1cccc2ccccc12. The van der Waals surface area contributed by atoms with Crippen molar-refractivity contribution < 1.29 is 0 Å². The van der Waals surface area contributed by atoms with Crippen LogP contribution in [0.2, 0.25) is 0 Å². The lowest BCUT2D eigenvalue weighted by atomic mass is 10.1. The third-order valence-electron chi connectivity index (χ3n) is 3.39. The molecule has 2 aromatic carbocycles. The van der Waals surface area contributed by atoms with Crippen LogP contribution in [0.4, 0.5) is 5.82 Å². The molecule has 4 aromatic rings. The quantitative estimate of drug-likeness (QED) is 0.571. The van der Waals surface area contributed by atoms with Crippen molar-refractivity contribution in [3.63, 3.8) is 0 Å². The normalized spacial score (nSPS) is 11.2. The van der Waals surface area contributed by atoms with Crippen molar-refractivity contribution >= 4 is 27.8 Å². The largest absolute Gasteiger partial charge is 0.382 e. The molecule has 5 nitrogen and oxygen atoms in total. The second-order valence-electron chi connectivity index (χ2n) is 4.54. The van der Waals surface area contributed by atoms with Gasteiger partial charge < -0.3 is 5.73 Å². The molecule has 0 saturated heterocycles. The van der Waals surface area contributed by atoms with E-state index in [1.54, 1.807) is 6.33 Å². The molecule has 0 amide bonds. The molecule has 0 bridgehead atoms. The number of anilines is 1. The second-order valence-corrected chi connectivity index (χ2v) is 4.54. The number of aromatic nitrogens is 4. The minimum Gasteiger partial charge on any atom is -0.382 e. The van der Waals surface area contributed by atoms with E-state index >= 15 is 0 Å². The molecule has 0 aliphatic carbocycles. The van der Waals surface area contributed by atoms with Crippen LogP contribution < -0.4 is 5.73 Å². The molecule has 5 heteroatoms. The van der Waals surface area contributed by atoms with E-state index < -0.39 is 0 Å². The predicted octanol–water partition coefficient (Wildman–Crippen LogP) is 2.55. The van der Waals surface area contributed by atoms with Gasteiger partial charge in [0.1, 0.15) is 12.7 Å². The Hall–Kier alpha value is -2.95. The van der Waals surface area contributed by atoms with Crippen molar-refractivity contribution in [1.29, 1.82) is 0 Å². The minimum atomic E-state index is 0.397. The predicted molar refractivity (Wildman–Crippen MR) is 78.6 cm³/mol. The highest BCUT2D eigenvalue weighted by Gasteiger charge is 2.10. The standard InChI is InChI=1S/C15H11N5/c16-14-13-15(18-8-17-14)20(9-19-13)12-7-3-5-10-4-1-2-6-11(10)12/h1-9H,(H2,16,17,18). The van der Waals surface area contributed by atoms with Crippen LogP contribution in [0.1, 0.15) is 0 Å². The van der Waals surface area contributed by atoms with E-state index in [1.807, 2.05) is 28.8 Å². The number of rotatable bonds is 1. The van der Waals surface area contributed by atoms with Crippen molar-refractivity contribution in [3.05, 3.63) is 55.1 Å². The van der Waals surface area contributed by atoms with Crippen molar-refractivity contribution in [2.24, 2.45) is 0 Å². The van der Waals surface area contributed by atoms with Crippen LogP contribution in [0, 0.1) is 0 Å². The Balaban J connectivity index is 2.09. The van der Waals surface area contributed by atoms with Crippen LogP contribution in [0.3, 0.4) is 0 Å². The molecule has 96 valence electrons. The summed E-state index contributed by atoms with van der Waals surface area (Å²) in [6, 6.07) is 14.4. The number of nitrogens with zero attached hydrogens (tertiary/aromatic N) is 4. The van der Waals surface area contributed by atoms with Gasteiger partial charge in [-0.3, -0.25) is 4.57 Å². The number of fused-ring (bicyclic) bond motifs is 2. The van der Waals surface area contributed by atoms with Gasteiger partial charge in [0, 0.05) is 5.39 Å².